The lowest BCUT2D eigenvalue weighted by atomic mass is 10.0. The lowest BCUT2D eigenvalue weighted by Gasteiger charge is -2.05. The summed E-state index contributed by atoms with van der Waals surface area (Å²) in [6, 6.07) is 14.1. The zero-order chi connectivity index (χ0) is 17.1. The van der Waals surface area contributed by atoms with Crippen LogP contribution in [0.4, 0.5) is 5.69 Å². The summed E-state index contributed by atoms with van der Waals surface area (Å²) in [6.07, 6.45) is 0.295. The second kappa shape index (κ2) is 6.97. The first-order valence-corrected chi connectivity index (χ1v) is 8.78. The highest BCUT2D eigenvalue weighted by atomic mass is 32.1. The number of carbonyl (C=O) groups excluding carboxylic acids is 1. The molecule has 0 aliphatic rings. The van der Waals surface area contributed by atoms with Crippen molar-refractivity contribution in [1.82, 2.24) is 4.98 Å². The Bertz CT molecular complexity index is 866. The maximum atomic E-state index is 12.2. The van der Waals surface area contributed by atoms with Crippen LogP contribution in [0.5, 0.6) is 0 Å². The van der Waals surface area contributed by atoms with Crippen molar-refractivity contribution >= 4 is 22.9 Å². The topological polar surface area (TPSA) is 42.0 Å². The van der Waals surface area contributed by atoms with Crippen molar-refractivity contribution in [2.24, 2.45) is 0 Å². The first-order valence-electron chi connectivity index (χ1n) is 7.90. The molecule has 4 heteroatoms. The van der Waals surface area contributed by atoms with Gasteiger partial charge in [-0.2, -0.15) is 0 Å². The number of aryl methyl sites for hydroxylation is 3. The zero-order valence-electron chi connectivity index (χ0n) is 14.1. The normalized spacial score (nSPS) is 10.6. The van der Waals surface area contributed by atoms with E-state index in [0.29, 0.717) is 6.42 Å². The van der Waals surface area contributed by atoms with E-state index < -0.39 is 0 Å². The number of aromatic nitrogens is 1. The molecule has 0 unspecified atom stereocenters. The van der Waals surface area contributed by atoms with Gasteiger partial charge in [-0.15, -0.1) is 11.3 Å². The van der Waals surface area contributed by atoms with Crippen LogP contribution in [0.15, 0.2) is 47.8 Å². The molecule has 24 heavy (non-hydrogen) atoms. The third kappa shape index (κ3) is 3.89. The highest BCUT2D eigenvalue weighted by molar-refractivity contribution is 7.10. The first kappa shape index (κ1) is 16.4. The molecule has 0 atom stereocenters. The summed E-state index contributed by atoms with van der Waals surface area (Å²) in [5, 5.41) is 5.76. The summed E-state index contributed by atoms with van der Waals surface area (Å²) in [6.45, 7) is 6.19. The largest absolute Gasteiger partial charge is 0.326 e. The highest BCUT2D eigenvalue weighted by Crippen LogP contribution is 2.26. The molecule has 0 saturated heterocycles. The average molecular weight is 336 g/mol. The van der Waals surface area contributed by atoms with E-state index in [2.05, 4.69) is 42.3 Å². The van der Waals surface area contributed by atoms with Crippen LogP contribution >= 0.6 is 11.3 Å². The molecule has 0 saturated carbocycles. The monoisotopic (exact) mass is 336 g/mol. The Morgan fingerprint density at radius 1 is 1.04 bits per heavy atom. The minimum absolute atomic E-state index is 0.0413. The number of nitrogens with zero attached hydrogens (tertiary/aromatic N) is 1. The number of benzene rings is 2. The summed E-state index contributed by atoms with van der Waals surface area (Å²) in [4.78, 5) is 16.8. The lowest BCUT2D eigenvalue weighted by molar-refractivity contribution is -0.115. The standard InChI is InChI=1S/C20H20N2OS/c1-13-4-7-16(8-5-13)21-19(23)11-20-22-18(12-24-20)17-9-6-14(2)10-15(17)3/h4-10,12H,11H2,1-3H3,(H,21,23). The van der Waals surface area contributed by atoms with Gasteiger partial charge in [0.05, 0.1) is 12.1 Å². The number of hydrogen-bond donors (Lipinski definition) is 1. The van der Waals surface area contributed by atoms with E-state index in [9.17, 15) is 4.79 Å². The molecule has 2 aromatic carbocycles. The molecule has 0 fully saturated rings. The number of amides is 1. The molecular formula is C20H20N2OS. The Hall–Kier alpha value is -2.46. The Labute approximate surface area is 146 Å². The van der Waals surface area contributed by atoms with Gasteiger partial charge in [0, 0.05) is 16.6 Å². The van der Waals surface area contributed by atoms with Crippen LogP contribution in [0, 0.1) is 20.8 Å². The number of nitrogens with one attached hydrogen (secondary N) is 1. The molecular weight excluding hydrogens is 316 g/mol. The van der Waals surface area contributed by atoms with Crippen LogP contribution in [0.2, 0.25) is 0 Å². The van der Waals surface area contributed by atoms with Crippen LogP contribution < -0.4 is 5.32 Å². The molecule has 122 valence electrons. The molecule has 1 heterocycles. The number of hydrogen-bond acceptors (Lipinski definition) is 3. The molecule has 0 radical (unpaired) electrons. The Balaban J connectivity index is 1.69. The minimum Gasteiger partial charge on any atom is -0.326 e. The third-order valence-corrected chi connectivity index (χ3v) is 4.71. The van der Waals surface area contributed by atoms with Gasteiger partial charge >= 0.3 is 0 Å². The molecule has 3 rings (SSSR count). The SMILES string of the molecule is Cc1ccc(NC(=O)Cc2nc(-c3ccc(C)cc3C)cs2)cc1. The van der Waals surface area contributed by atoms with E-state index in [4.69, 9.17) is 0 Å². The summed E-state index contributed by atoms with van der Waals surface area (Å²) < 4.78 is 0. The van der Waals surface area contributed by atoms with E-state index in [1.807, 2.05) is 36.6 Å². The second-order valence-electron chi connectivity index (χ2n) is 6.04. The quantitative estimate of drug-likeness (QED) is 0.735. The molecule has 0 aliphatic heterocycles. The van der Waals surface area contributed by atoms with E-state index in [1.54, 1.807) is 0 Å². The van der Waals surface area contributed by atoms with Crippen molar-refractivity contribution in [2.45, 2.75) is 27.2 Å². The van der Waals surface area contributed by atoms with Gasteiger partial charge in [-0.05, 0) is 38.5 Å². The van der Waals surface area contributed by atoms with E-state index in [1.165, 1.54) is 28.0 Å². The summed E-state index contributed by atoms with van der Waals surface area (Å²) >= 11 is 1.53. The van der Waals surface area contributed by atoms with Crippen molar-refractivity contribution in [2.75, 3.05) is 5.32 Å². The van der Waals surface area contributed by atoms with E-state index >= 15 is 0 Å². The summed E-state index contributed by atoms with van der Waals surface area (Å²) in [5.74, 6) is -0.0413. The van der Waals surface area contributed by atoms with E-state index in [0.717, 1.165) is 22.0 Å². The van der Waals surface area contributed by atoms with Crippen molar-refractivity contribution in [3.05, 3.63) is 69.5 Å². The van der Waals surface area contributed by atoms with Crippen molar-refractivity contribution in [3.8, 4) is 11.3 Å². The van der Waals surface area contributed by atoms with Gasteiger partial charge < -0.3 is 5.32 Å². The summed E-state index contributed by atoms with van der Waals surface area (Å²) in [7, 11) is 0. The van der Waals surface area contributed by atoms with Crippen molar-refractivity contribution in [3.63, 3.8) is 0 Å². The minimum atomic E-state index is -0.0413. The molecule has 3 nitrogen and oxygen atoms in total. The molecule has 0 spiro atoms. The maximum absolute atomic E-state index is 12.2. The average Bonchev–Trinajstić information content (AvgIpc) is 2.97. The Kier molecular flexibility index (Phi) is 4.76. The highest BCUT2D eigenvalue weighted by Gasteiger charge is 2.11. The van der Waals surface area contributed by atoms with Gasteiger partial charge in [-0.25, -0.2) is 4.98 Å². The van der Waals surface area contributed by atoms with Gasteiger partial charge in [0.2, 0.25) is 5.91 Å². The van der Waals surface area contributed by atoms with Gasteiger partial charge in [0.25, 0.3) is 0 Å². The number of thiazole rings is 1. The summed E-state index contributed by atoms with van der Waals surface area (Å²) in [5.41, 5.74) is 6.50. The number of carbonyl (C=O) groups is 1. The molecule has 0 bridgehead atoms. The zero-order valence-corrected chi connectivity index (χ0v) is 14.9. The third-order valence-electron chi connectivity index (χ3n) is 3.86. The molecule has 1 aromatic heterocycles. The van der Waals surface area contributed by atoms with Crippen LogP contribution in [0.3, 0.4) is 0 Å². The van der Waals surface area contributed by atoms with Gasteiger partial charge in [-0.3, -0.25) is 4.79 Å². The lowest BCUT2D eigenvalue weighted by Crippen LogP contribution is -2.14. The number of rotatable bonds is 4. The molecule has 1 amide bonds. The fourth-order valence-electron chi connectivity index (χ4n) is 2.60. The fourth-order valence-corrected chi connectivity index (χ4v) is 3.39. The van der Waals surface area contributed by atoms with Gasteiger partial charge in [0.1, 0.15) is 5.01 Å². The van der Waals surface area contributed by atoms with E-state index in [-0.39, 0.29) is 5.91 Å². The van der Waals surface area contributed by atoms with Crippen LogP contribution in [-0.4, -0.2) is 10.9 Å². The van der Waals surface area contributed by atoms with Crippen LogP contribution in [0.1, 0.15) is 21.7 Å². The van der Waals surface area contributed by atoms with Gasteiger partial charge in [-0.1, -0.05) is 41.5 Å². The molecule has 1 N–H and O–H groups in total. The van der Waals surface area contributed by atoms with Crippen LogP contribution in [-0.2, 0) is 11.2 Å². The van der Waals surface area contributed by atoms with Crippen molar-refractivity contribution in [1.29, 1.82) is 0 Å². The maximum Gasteiger partial charge on any atom is 0.231 e. The number of anilines is 1. The Morgan fingerprint density at radius 2 is 1.75 bits per heavy atom. The van der Waals surface area contributed by atoms with Crippen LogP contribution in [0.25, 0.3) is 11.3 Å². The molecule has 3 aromatic rings. The molecule has 0 aliphatic carbocycles. The van der Waals surface area contributed by atoms with Crippen molar-refractivity contribution < 1.29 is 4.79 Å². The Morgan fingerprint density at radius 3 is 2.46 bits per heavy atom. The predicted molar refractivity (Wildman–Crippen MR) is 101 cm³/mol. The second-order valence-corrected chi connectivity index (χ2v) is 6.98. The smallest absolute Gasteiger partial charge is 0.231 e. The predicted octanol–water partition coefficient (Wildman–Crippen LogP) is 4.92. The fraction of sp³-hybridized carbons (Fsp3) is 0.200. The van der Waals surface area contributed by atoms with Gasteiger partial charge in [0.15, 0.2) is 0 Å². The first-order chi connectivity index (χ1) is 11.5.